The summed E-state index contributed by atoms with van der Waals surface area (Å²) in [5.74, 6) is 0.0827. The van der Waals surface area contributed by atoms with Crippen molar-refractivity contribution in [2.45, 2.75) is 32.9 Å². The average Bonchev–Trinajstić information content (AvgIpc) is 3.06. The van der Waals surface area contributed by atoms with Crippen LogP contribution >= 0.6 is 0 Å². The van der Waals surface area contributed by atoms with Crippen molar-refractivity contribution in [3.8, 4) is 5.75 Å². The summed E-state index contributed by atoms with van der Waals surface area (Å²) in [6.07, 6.45) is 2.46. The fourth-order valence-corrected chi connectivity index (χ4v) is 2.28. The lowest BCUT2D eigenvalue weighted by Crippen LogP contribution is -2.34. The minimum atomic E-state index is -0.748. The van der Waals surface area contributed by atoms with Crippen LogP contribution in [0.5, 0.6) is 5.75 Å². The number of alkyl carbamates (subject to hydrolysis) is 1. The maximum atomic E-state index is 12.0. The first-order valence-corrected chi connectivity index (χ1v) is 8.66. The van der Waals surface area contributed by atoms with Crippen molar-refractivity contribution in [1.82, 2.24) is 15.1 Å². The summed E-state index contributed by atoms with van der Waals surface area (Å²) in [6, 6.07) is 9.36. The summed E-state index contributed by atoms with van der Waals surface area (Å²) in [7, 11) is 2.85. The Labute approximate surface area is 164 Å². The van der Waals surface area contributed by atoms with Gasteiger partial charge in [0, 0.05) is 6.20 Å². The van der Waals surface area contributed by atoms with Gasteiger partial charge in [0.2, 0.25) is 0 Å². The Morgan fingerprint density at radius 2 is 1.82 bits per heavy atom. The third kappa shape index (κ3) is 6.46. The number of amides is 1. The van der Waals surface area contributed by atoms with E-state index in [0.29, 0.717) is 12.2 Å². The monoisotopic (exact) mass is 387 g/mol. The van der Waals surface area contributed by atoms with Gasteiger partial charge in [-0.2, -0.15) is 5.10 Å². The number of carbonyl (C=O) groups is 2. The number of ether oxygens (including phenoxy) is 3. The summed E-state index contributed by atoms with van der Waals surface area (Å²) in [5.41, 5.74) is 0.779. The topological polar surface area (TPSA) is 91.7 Å². The molecule has 0 saturated carbocycles. The van der Waals surface area contributed by atoms with E-state index in [0.717, 1.165) is 11.3 Å². The molecule has 0 aliphatic rings. The maximum absolute atomic E-state index is 12.0. The fourth-order valence-electron chi connectivity index (χ4n) is 2.28. The lowest BCUT2D eigenvalue weighted by molar-refractivity contribution is -0.136. The van der Waals surface area contributed by atoms with Crippen molar-refractivity contribution in [3.05, 3.63) is 53.5 Å². The van der Waals surface area contributed by atoms with E-state index in [-0.39, 0.29) is 5.70 Å². The zero-order valence-electron chi connectivity index (χ0n) is 16.7. The van der Waals surface area contributed by atoms with Crippen LogP contribution in [0.25, 0.3) is 6.08 Å². The summed E-state index contributed by atoms with van der Waals surface area (Å²) in [6.45, 7) is 5.74. The molecule has 1 aromatic carbocycles. The van der Waals surface area contributed by atoms with Gasteiger partial charge in [0.15, 0.2) is 0 Å². The van der Waals surface area contributed by atoms with E-state index < -0.39 is 17.7 Å². The second-order valence-corrected chi connectivity index (χ2v) is 6.96. The van der Waals surface area contributed by atoms with Crippen LogP contribution in [-0.2, 0) is 20.8 Å². The number of esters is 1. The highest BCUT2D eigenvalue weighted by Crippen LogP contribution is 2.13. The van der Waals surface area contributed by atoms with Crippen molar-refractivity contribution >= 4 is 18.1 Å². The van der Waals surface area contributed by atoms with E-state index in [9.17, 15) is 9.59 Å². The van der Waals surface area contributed by atoms with Crippen molar-refractivity contribution in [2.24, 2.45) is 0 Å². The number of hydrogen-bond acceptors (Lipinski definition) is 6. The quantitative estimate of drug-likeness (QED) is 0.605. The lowest BCUT2D eigenvalue weighted by Gasteiger charge is -2.19. The van der Waals surface area contributed by atoms with Crippen molar-refractivity contribution in [3.63, 3.8) is 0 Å². The Kier molecular flexibility index (Phi) is 6.81. The van der Waals surface area contributed by atoms with Gasteiger partial charge in [-0.15, -0.1) is 0 Å². The molecule has 0 bridgehead atoms. The molecular formula is C20H25N3O5. The van der Waals surface area contributed by atoms with Crippen molar-refractivity contribution in [1.29, 1.82) is 0 Å². The molecule has 150 valence electrons. The highest BCUT2D eigenvalue weighted by atomic mass is 16.6. The number of nitrogens with one attached hydrogen (secondary N) is 1. The van der Waals surface area contributed by atoms with Gasteiger partial charge in [0.1, 0.15) is 17.0 Å². The first kappa shape index (κ1) is 21.0. The number of rotatable bonds is 6. The molecule has 8 nitrogen and oxygen atoms in total. The van der Waals surface area contributed by atoms with Gasteiger partial charge in [-0.25, -0.2) is 9.59 Å². The second kappa shape index (κ2) is 9.07. The van der Waals surface area contributed by atoms with E-state index in [1.165, 1.54) is 13.2 Å². The average molecular weight is 387 g/mol. The van der Waals surface area contributed by atoms with Crippen LogP contribution < -0.4 is 10.1 Å². The summed E-state index contributed by atoms with van der Waals surface area (Å²) < 4.78 is 16.7. The second-order valence-electron chi connectivity index (χ2n) is 6.96. The van der Waals surface area contributed by atoms with Crippen LogP contribution in [0.4, 0.5) is 4.79 Å². The molecule has 0 spiro atoms. The van der Waals surface area contributed by atoms with E-state index in [2.05, 4.69) is 10.4 Å². The van der Waals surface area contributed by atoms with Gasteiger partial charge in [0.05, 0.1) is 26.5 Å². The van der Waals surface area contributed by atoms with E-state index in [1.54, 1.807) is 44.8 Å². The van der Waals surface area contributed by atoms with Gasteiger partial charge in [-0.1, -0.05) is 12.1 Å². The third-order valence-electron chi connectivity index (χ3n) is 3.50. The van der Waals surface area contributed by atoms with Gasteiger partial charge in [-0.3, -0.25) is 10.00 Å². The summed E-state index contributed by atoms with van der Waals surface area (Å²) >= 11 is 0. The molecular weight excluding hydrogens is 362 g/mol. The molecule has 0 aliphatic carbocycles. The Morgan fingerprint density at radius 3 is 2.39 bits per heavy atom. The number of benzene rings is 1. The predicted molar refractivity (Wildman–Crippen MR) is 104 cm³/mol. The van der Waals surface area contributed by atoms with Gasteiger partial charge in [0.25, 0.3) is 0 Å². The molecule has 1 N–H and O–H groups in total. The molecule has 8 heteroatoms. The molecule has 1 aromatic heterocycles. The summed E-state index contributed by atoms with van der Waals surface area (Å²) in [5, 5.41) is 6.80. The number of hydrogen-bond donors (Lipinski definition) is 1. The van der Waals surface area contributed by atoms with Crippen LogP contribution in [0, 0.1) is 0 Å². The largest absolute Gasteiger partial charge is 0.497 e. The van der Waals surface area contributed by atoms with Gasteiger partial charge >= 0.3 is 12.1 Å². The van der Waals surface area contributed by atoms with Gasteiger partial charge < -0.3 is 14.2 Å². The molecule has 0 unspecified atom stereocenters. The highest BCUT2D eigenvalue weighted by molar-refractivity contribution is 5.96. The van der Waals surface area contributed by atoms with E-state index in [1.807, 2.05) is 24.3 Å². The van der Waals surface area contributed by atoms with Gasteiger partial charge in [-0.05, 0) is 50.6 Å². The molecule has 2 aromatic rings. The zero-order chi connectivity index (χ0) is 20.7. The number of nitrogens with zero attached hydrogens (tertiary/aromatic N) is 2. The van der Waals surface area contributed by atoms with Crippen molar-refractivity contribution < 1.29 is 23.8 Å². The Morgan fingerprint density at radius 1 is 1.14 bits per heavy atom. The Hall–Kier alpha value is -3.29. The van der Waals surface area contributed by atoms with Crippen LogP contribution in [0.3, 0.4) is 0 Å². The molecule has 2 rings (SSSR count). The molecule has 1 heterocycles. The minimum absolute atomic E-state index is 0.0635. The molecule has 1 amide bonds. The van der Waals surface area contributed by atoms with E-state index in [4.69, 9.17) is 14.2 Å². The van der Waals surface area contributed by atoms with Crippen molar-refractivity contribution in [2.75, 3.05) is 14.2 Å². The molecule has 0 saturated heterocycles. The number of methoxy groups -OCH3 is 2. The molecule has 0 radical (unpaired) electrons. The Bertz CT molecular complexity index is 847. The number of carbonyl (C=O) groups excluding carboxylic acids is 2. The van der Waals surface area contributed by atoms with Crippen LogP contribution in [0.1, 0.15) is 32.0 Å². The minimum Gasteiger partial charge on any atom is -0.497 e. The maximum Gasteiger partial charge on any atom is 0.412 e. The standard InChI is InChI=1S/C20H25N3O5/c1-20(2,3)28-19(25)21-17(18(24)27-5)12-15-10-11-23(22-15)13-14-6-8-16(26-4)9-7-14/h6-12H,13H2,1-5H3,(H,21,25)/b17-12+. The van der Waals surface area contributed by atoms with Crippen LogP contribution in [0.15, 0.2) is 42.2 Å². The van der Waals surface area contributed by atoms with Crippen LogP contribution in [-0.4, -0.2) is 41.7 Å². The van der Waals surface area contributed by atoms with Crippen LogP contribution in [0.2, 0.25) is 0 Å². The first-order chi connectivity index (χ1) is 13.2. The zero-order valence-corrected chi connectivity index (χ0v) is 16.7. The molecule has 0 fully saturated rings. The lowest BCUT2D eigenvalue weighted by atomic mass is 10.2. The predicted octanol–water partition coefficient (Wildman–Crippen LogP) is 2.98. The van der Waals surface area contributed by atoms with E-state index >= 15 is 0 Å². The summed E-state index contributed by atoms with van der Waals surface area (Å²) in [4.78, 5) is 23.9. The highest BCUT2D eigenvalue weighted by Gasteiger charge is 2.20. The first-order valence-electron chi connectivity index (χ1n) is 8.66. The Balaban J connectivity index is 2.13. The normalized spacial score (nSPS) is 11.7. The third-order valence-corrected chi connectivity index (χ3v) is 3.50. The fraction of sp³-hybridized carbons (Fsp3) is 0.350. The smallest absolute Gasteiger partial charge is 0.412 e. The number of aromatic nitrogens is 2. The molecule has 28 heavy (non-hydrogen) atoms. The molecule has 0 atom stereocenters. The SMILES string of the molecule is COC(=O)/C(=C\c1ccn(Cc2ccc(OC)cc2)n1)NC(=O)OC(C)(C)C. The molecule has 0 aliphatic heterocycles.